The average Bonchev–Trinajstić information content (AvgIpc) is 3.91. The van der Waals surface area contributed by atoms with Gasteiger partial charge in [0.15, 0.2) is 0 Å². The number of piperidine rings is 2. The van der Waals surface area contributed by atoms with E-state index in [1.807, 2.05) is 0 Å². The smallest absolute Gasteiger partial charge is 0.00893 e. The molecule has 0 amide bonds. The van der Waals surface area contributed by atoms with Crippen molar-refractivity contribution in [3.63, 3.8) is 0 Å². The molecule has 3 saturated heterocycles. The molecule has 0 aromatic rings. The molecule has 3 aliphatic heterocycles. The highest BCUT2D eigenvalue weighted by atomic mass is 15.1. The lowest BCUT2D eigenvalue weighted by molar-refractivity contribution is 0.191. The largest absolute Gasteiger partial charge is 0.309 e. The zero-order valence-corrected chi connectivity index (χ0v) is 65.0. The van der Waals surface area contributed by atoms with Crippen molar-refractivity contribution in [2.45, 2.75) is 292 Å². The van der Waals surface area contributed by atoms with Crippen LogP contribution in [0, 0.1) is 65.1 Å². The maximum atomic E-state index is 2.42. The summed E-state index contributed by atoms with van der Waals surface area (Å²) in [6.45, 7) is 31.5. The third-order valence-corrected chi connectivity index (χ3v) is 23.2. The predicted molar refractivity (Wildman–Crippen MR) is 397 cm³/mol. The normalized spacial score (nSPS) is 31.9. The van der Waals surface area contributed by atoms with Gasteiger partial charge in [-0.15, -0.1) is 0 Å². The van der Waals surface area contributed by atoms with Crippen LogP contribution in [0.2, 0.25) is 0 Å². The third kappa shape index (κ3) is 43.6. The summed E-state index contributed by atoms with van der Waals surface area (Å²) >= 11 is 0. The molecule has 528 valence electrons. The van der Waals surface area contributed by atoms with Crippen LogP contribution < -0.4 is 0 Å². The average molecular weight is 1240 g/mol. The lowest BCUT2D eigenvalue weighted by atomic mass is 9.83. The molecule has 0 N–H and O–H groups in total. The van der Waals surface area contributed by atoms with Crippen LogP contribution in [0.1, 0.15) is 268 Å². The van der Waals surface area contributed by atoms with Gasteiger partial charge < -0.3 is 44.1 Å². The topological polar surface area (TPSA) is 29.2 Å². The van der Waals surface area contributed by atoms with E-state index in [0.29, 0.717) is 0 Å². The molecule has 0 aromatic heterocycles. The molecule has 0 bridgehead atoms. The number of hydrogen-bond acceptors (Lipinski definition) is 9. The number of rotatable bonds is 11. The molecule has 9 aliphatic rings. The lowest BCUT2D eigenvalue weighted by Crippen LogP contribution is -2.31. The van der Waals surface area contributed by atoms with E-state index in [-0.39, 0.29) is 0 Å². The second kappa shape index (κ2) is 51.0. The standard InChI is InChI=1S/4C10H21N.2C9H19N.C8H17N.C7H15N.C6H13N/c2*1-9-4-6-10(7-5-9)8-11(2)3;2*1-4-9-5-7-10(8-6-9)11(2)3;2*1-8-4-6-9(7-5-8)10(2)3;1-3-8-4-6-9(2)7-5-8;1-7-3-5-8(2)6-4-7;1-6-3-4-7(2)5-6/h4*9-10H,4-8H2,1-3H3;2*8-9H,4-7H2,1-3H3;8H,3-7H2,1-2H3;7H,3-6H2,1-2H3;6H,3-5H2,1-2H3. The molecule has 9 fully saturated rings. The first-order chi connectivity index (χ1) is 41.6. The zero-order valence-electron chi connectivity index (χ0n) is 65.0. The van der Waals surface area contributed by atoms with Crippen molar-refractivity contribution < 1.29 is 0 Å². The SMILES string of the molecule is CC1CCC(CN(C)C)CC1.CC1CCC(CN(C)C)CC1.CC1CCC(N(C)C)CC1.CC1CCC(N(C)C)CC1.CC1CCN(C)C1.CC1CCN(C)CC1.CCC1CCC(N(C)C)CC1.CCC1CCC(N(C)C)CC1.CCC1CCN(C)CC1. The molecule has 3 heterocycles. The second-order valence-corrected chi connectivity index (χ2v) is 33.4. The lowest BCUT2D eigenvalue weighted by Gasteiger charge is -2.32. The molecule has 6 aliphatic carbocycles. The van der Waals surface area contributed by atoms with E-state index in [2.05, 4.69) is 212 Å². The molecular formula is C79H167N9. The fraction of sp³-hybridized carbons (Fsp3) is 1.00. The summed E-state index contributed by atoms with van der Waals surface area (Å²) in [5.74, 6) is 11.0. The summed E-state index contributed by atoms with van der Waals surface area (Å²) in [5.41, 5.74) is 0. The van der Waals surface area contributed by atoms with Crippen LogP contribution in [-0.2, 0) is 0 Å². The van der Waals surface area contributed by atoms with Crippen molar-refractivity contribution in [3.05, 3.63) is 0 Å². The van der Waals surface area contributed by atoms with E-state index in [9.17, 15) is 0 Å². The van der Waals surface area contributed by atoms with Gasteiger partial charge in [0, 0.05) is 43.8 Å². The quantitative estimate of drug-likeness (QED) is 0.201. The summed E-state index contributed by atoms with van der Waals surface area (Å²) in [6, 6.07) is 3.49. The van der Waals surface area contributed by atoms with Gasteiger partial charge in [-0.05, 0) is 364 Å². The summed E-state index contributed by atoms with van der Waals surface area (Å²) in [6.07, 6.45) is 45.8. The van der Waals surface area contributed by atoms with Crippen molar-refractivity contribution in [1.29, 1.82) is 0 Å². The molecule has 9 rings (SSSR count). The molecule has 9 nitrogen and oxygen atoms in total. The van der Waals surface area contributed by atoms with Gasteiger partial charge in [0.2, 0.25) is 0 Å². The van der Waals surface area contributed by atoms with Crippen molar-refractivity contribution in [3.8, 4) is 0 Å². The van der Waals surface area contributed by atoms with Crippen LogP contribution in [0.15, 0.2) is 0 Å². The van der Waals surface area contributed by atoms with Crippen LogP contribution in [0.4, 0.5) is 0 Å². The minimum Gasteiger partial charge on any atom is -0.309 e. The van der Waals surface area contributed by atoms with Crippen molar-refractivity contribution >= 4 is 0 Å². The first-order valence-corrected chi connectivity index (χ1v) is 38.6. The molecule has 1 atom stereocenters. The van der Waals surface area contributed by atoms with Gasteiger partial charge >= 0.3 is 0 Å². The highest BCUT2D eigenvalue weighted by Crippen LogP contribution is 2.32. The first-order valence-electron chi connectivity index (χ1n) is 38.6. The molecular weight excluding hydrogens is 1070 g/mol. The fourth-order valence-corrected chi connectivity index (χ4v) is 15.5. The summed E-state index contributed by atoms with van der Waals surface area (Å²) in [4.78, 5) is 21.3. The highest BCUT2D eigenvalue weighted by molar-refractivity contribution is 4.79. The van der Waals surface area contributed by atoms with Gasteiger partial charge in [0.25, 0.3) is 0 Å². The van der Waals surface area contributed by atoms with Crippen LogP contribution in [-0.4, -0.2) is 226 Å². The van der Waals surface area contributed by atoms with E-state index >= 15 is 0 Å². The van der Waals surface area contributed by atoms with Gasteiger partial charge in [0.05, 0.1) is 0 Å². The Balaban J connectivity index is 0.000000496. The van der Waals surface area contributed by atoms with Crippen LogP contribution in [0.25, 0.3) is 0 Å². The van der Waals surface area contributed by atoms with Crippen molar-refractivity contribution in [2.75, 3.05) is 158 Å². The fourth-order valence-electron chi connectivity index (χ4n) is 15.5. The minimum atomic E-state index is 0.871. The highest BCUT2D eigenvalue weighted by Gasteiger charge is 2.25. The molecule has 9 heteroatoms. The third-order valence-electron chi connectivity index (χ3n) is 23.2. The maximum Gasteiger partial charge on any atom is 0.00893 e. The van der Waals surface area contributed by atoms with Gasteiger partial charge in [-0.2, -0.15) is 0 Å². The van der Waals surface area contributed by atoms with Crippen molar-refractivity contribution in [1.82, 2.24) is 44.1 Å². The Kier molecular flexibility index (Phi) is 49.6. The minimum absolute atomic E-state index is 0.871. The summed E-state index contributed by atoms with van der Waals surface area (Å²) < 4.78 is 0. The molecule has 88 heavy (non-hydrogen) atoms. The van der Waals surface area contributed by atoms with Gasteiger partial charge in [-0.25, -0.2) is 0 Å². The molecule has 0 aromatic carbocycles. The Morgan fingerprint density at radius 3 is 0.648 bits per heavy atom. The molecule has 0 radical (unpaired) electrons. The Morgan fingerprint density at radius 1 is 0.239 bits per heavy atom. The monoisotopic (exact) mass is 1240 g/mol. The van der Waals surface area contributed by atoms with E-state index in [4.69, 9.17) is 0 Å². The zero-order chi connectivity index (χ0) is 66.1. The van der Waals surface area contributed by atoms with E-state index in [1.165, 1.54) is 258 Å². The Morgan fingerprint density at radius 2 is 0.443 bits per heavy atom. The number of nitrogens with zero attached hydrogens (tertiary/aromatic N) is 9. The van der Waals surface area contributed by atoms with Crippen molar-refractivity contribution in [2.24, 2.45) is 65.1 Å². The Labute approximate surface area is 556 Å². The maximum absolute atomic E-state index is 2.42. The first kappa shape index (κ1) is 85.7. The molecule has 1 unspecified atom stereocenters. The summed E-state index contributed by atoms with van der Waals surface area (Å²) in [5, 5.41) is 0. The molecule has 0 spiro atoms. The number of hydrogen-bond donors (Lipinski definition) is 0. The summed E-state index contributed by atoms with van der Waals surface area (Å²) in [7, 11) is 32.9. The number of likely N-dealkylation sites (tertiary alicyclic amines) is 3. The predicted octanol–water partition coefficient (Wildman–Crippen LogP) is 18.1. The van der Waals surface area contributed by atoms with Gasteiger partial charge in [-0.1, -0.05) is 107 Å². The van der Waals surface area contributed by atoms with Gasteiger partial charge in [-0.3, -0.25) is 0 Å². The molecule has 6 saturated carbocycles. The van der Waals surface area contributed by atoms with Gasteiger partial charge in [0.1, 0.15) is 0 Å². The van der Waals surface area contributed by atoms with E-state index in [1.54, 1.807) is 0 Å². The second-order valence-electron chi connectivity index (χ2n) is 33.4. The van der Waals surface area contributed by atoms with Crippen LogP contribution in [0.5, 0.6) is 0 Å². The van der Waals surface area contributed by atoms with E-state index < -0.39 is 0 Å². The van der Waals surface area contributed by atoms with Crippen LogP contribution >= 0.6 is 0 Å². The van der Waals surface area contributed by atoms with Crippen LogP contribution in [0.3, 0.4) is 0 Å². The Hall–Kier alpha value is -0.360. The van der Waals surface area contributed by atoms with E-state index in [0.717, 1.165) is 89.3 Å². The Bertz CT molecular complexity index is 1390.